The molecule has 0 bridgehead atoms. The van der Waals surface area contributed by atoms with E-state index in [4.69, 9.17) is 9.40 Å². The molecule has 0 fully saturated rings. The third-order valence-corrected chi connectivity index (χ3v) is 6.53. The van der Waals surface area contributed by atoms with Crippen LogP contribution in [-0.2, 0) is 5.75 Å². The van der Waals surface area contributed by atoms with Gasteiger partial charge in [0.15, 0.2) is 4.34 Å². The molecule has 28 heavy (non-hydrogen) atoms. The van der Waals surface area contributed by atoms with E-state index in [1.807, 2.05) is 52.5 Å². The molecule has 0 saturated carbocycles. The largest absolute Gasteiger partial charge is 0.422 e. The van der Waals surface area contributed by atoms with Gasteiger partial charge < -0.3 is 8.82 Å². The van der Waals surface area contributed by atoms with Crippen LogP contribution in [-0.4, -0.2) is 14.4 Å². The monoisotopic (exact) mass is 405 g/mol. The number of hydrogen-bond donors (Lipinski definition) is 0. The Morgan fingerprint density at radius 1 is 1.18 bits per heavy atom. The number of fused-ring (bicyclic) bond motifs is 2. The minimum atomic E-state index is -0.364. The van der Waals surface area contributed by atoms with Gasteiger partial charge in [0.25, 0.3) is 0 Å². The van der Waals surface area contributed by atoms with Gasteiger partial charge in [0.2, 0.25) is 0 Å². The molecule has 5 rings (SSSR count). The Hall–Kier alpha value is -2.90. The summed E-state index contributed by atoms with van der Waals surface area (Å²) in [5, 5.41) is 2.79. The van der Waals surface area contributed by atoms with Crippen LogP contribution in [0.25, 0.3) is 27.9 Å². The number of aryl methyl sites for hydroxylation is 1. The quantitative estimate of drug-likeness (QED) is 0.305. The molecule has 0 aliphatic rings. The van der Waals surface area contributed by atoms with Crippen molar-refractivity contribution in [3.05, 3.63) is 81.9 Å². The third-order valence-electron chi connectivity index (χ3n) is 4.47. The summed E-state index contributed by atoms with van der Waals surface area (Å²) in [4.78, 5) is 21.6. The summed E-state index contributed by atoms with van der Waals surface area (Å²) in [7, 11) is 0. The lowest BCUT2D eigenvalue weighted by Crippen LogP contribution is -2.02. The van der Waals surface area contributed by atoms with Crippen LogP contribution in [0.5, 0.6) is 0 Å². The number of hydrogen-bond acceptors (Lipinski definition) is 6. The molecule has 0 spiro atoms. The number of nitrogens with zero attached hydrogens (tertiary/aromatic N) is 3. The van der Waals surface area contributed by atoms with E-state index in [2.05, 4.69) is 18.0 Å². The van der Waals surface area contributed by atoms with Gasteiger partial charge in [-0.1, -0.05) is 36.0 Å². The van der Waals surface area contributed by atoms with Crippen molar-refractivity contribution >= 4 is 39.7 Å². The van der Waals surface area contributed by atoms with Crippen molar-refractivity contribution in [2.45, 2.75) is 17.0 Å². The summed E-state index contributed by atoms with van der Waals surface area (Å²) in [5.74, 6) is 0.723. The van der Waals surface area contributed by atoms with Gasteiger partial charge >= 0.3 is 5.63 Å². The third kappa shape index (κ3) is 3.12. The number of benzene rings is 1. The number of aromatic nitrogens is 3. The van der Waals surface area contributed by atoms with E-state index in [1.54, 1.807) is 17.8 Å². The summed E-state index contributed by atoms with van der Waals surface area (Å²) < 4.78 is 8.36. The normalized spacial score (nSPS) is 11.5. The number of para-hydroxylation sites is 1. The lowest BCUT2D eigenvalue weighted by molar-refractivity contribution is 0.563. The summed E-state index contributed by atoms with van der Waals surface area (Å²) in [5.41, 5.74) is 4.49. The average molecular weight is 406 g/mol. The molecule has 1 aromatic carbocycles. The van der Waals surface area contributed by atoms with Crippen LogP contribution < -0.4 is 5.63 Å². The molecule has 0 radical (unpaired) electrons. The molecule has 0 saturated heterocycles. The van der Waals surface area contributed by atoms with E-state index in [-0.39, 0.29) is 5.63 Å². The molecule has 138 valence electrons. The first-order valence-corrected chi connectivity index (χ1v) is 10.6. The van der Waals surface area contributed by atoms with Crippen LogP contribution in [0.3, 0.4) is 0 Å². The van der Waals surface area contributed by atoms with Crippen LogP contribution in [0.1, 0.15) is 11.3 Å². The van der Waals surface area contributed by atoms with Crippen LogP contribution >= 0.6 is 23.1 Å². The number of pyridine rings is 1. The fourth-order valence-electron chi connectivity index (χ4n) is 3.10. The van der Waals surface area contributed by atoms with Crippen molar-refractivity contribution in [1.82, 2.24) is 14.4 Å². The number of imidazole rings is 1. The van der Waals surface area contributed by atoms with E-state index in [0.29, 0.717) is 16.8 Å². The van der Waals surface area contributed by atoms with Crippen molar-refractivity contribution in [3.8, 4) is 11.3 Å². The van der Waals surface area contributed by atoms with E-state index in [9.17, 15) is 4.79 Å². The van der Waals surface area contributed by atoms with E-state index in [0.717, 1.165) is 32.4 Å². The predicted octanol–water partition coefficient (Wildman–Crippen LogP) is 5.16. The topological polar surface area (TPSA) is 60.4 Å². The summed E-state index contributed by atoms with van der Waals surface area (Å²) in [6.07, 6.45) is 4.05. The van der Waals surface area contributed by atoms with Crippen LogP contribution in [0, 0.1) is 6.92 Å². The van der Waals surface area contributed by atoms with Gasteiger partial charge in [-0.25, -0.2) is 14.8 Å². The predicted molar refractivity (Wildman–Crippen MR) is 113 cm³/mol. The zero-order valence-electron chi connectivity index (χ0n) is 15.0. The van der Waals surface area contributed by atoms with Gasteiger partial charge in [-0.2, -0.15) is 0 Å². The van der Waals surface area contributed by atoms with Crippen LogP contribution in [0.4, 0.5) is 0 Å². The Labute approximate surface area is 168 Å². The highest BCUT2D eigenvalue weighted by Gasteiger charge is 2.12. The van der Waals surface area contributed by atoms with Gasteiger partial charge in [-0.15, -0.1) is 11.3 Å². The molecule has 4 heterocycles. The first-order chi connectivity index (χ1) is 13.7. The van der Waals surface area contributed by atoms with Crippen LogP contribution in [0.15, 0.2) is 73.8 Å². The first kappa shape index (κ1) is 17.2. The van der Waals surface area contributed by atoms with Crippen molar-refractivity contribution < 1.29 is 4.42 Å². The number of thioether (sulfide) groups is 1. The molecule has 5 aromatic rings. The molecule has 0 aliphatic heterocycles. The molecule has 5 nitrogen and oxygen atoms in total. The zero-order chi connectivity index (χ0) is 19.1. The molecule has 4 aromatic heterocycles. The maximum atomic E-state index is 12.3. The first-order valence-electron chi connectivity index (χ1n) is 8.72. The molecule has 0 amide bonds. The fraction of sp³-hybridized carbons (Fsp3) is 0.0952. The van der Waals surface area contributed by atoms with Crippen molar-refractivity contribution in [2.24, 2.45) is 0 Å². The zero-order valence-corrected chi connectivity index (χ0v) is 16.6. The summed E-state index contributed by atoms with van der Waals surface area (Å²) in [6.45, 7) is 2.06. The molecular formula is C21H15N3O2S2. The molecule has 0 unspecified atom stereocenters. The second-order valence-electron chi connectivity index (χ2n) is 6.43. The molecule has 0 N–H and O–H groups in total. The smallest absolute Gasteiger partial charge is 0.345 e. The Morgan fingerprint density at radius 3 is 2.96 bits per heavy atom. The highest BCUT2D eigenvalue weighted by molar-refractivity contribution is 8.00. The Kier molecular flexibility index (Phi) is 4.26. The summed E-state index contributed by atoms with van der Waals surface area (Å²) in [6, 6.07) is 13.4. The minimum absolute atomic E-state index is 0.364. The van der Waals surface area contributed by atoms with Gasteiger partial charge in [-0.3, -0.25) is 0 Å². The van der Waals surface area contributed by atoms with Gasteiger partial charge in [0, 0.05) is 28.9 Å². The Balaban J connectivity index is 1.39. The second kappa shape index (κ2) is 6.92. The van der Waals surface area contributed by atoms with Gasteiger partial charge in [0.1, 0.15) is 11.2 Å². The van der Waals surface area contributed by atoms with Crippen molar-refractivity contribution in [3.63, 3.8) is 0 Å². The molecule has 0 aliphatic carbocycles. The fourth-order valence-corrected chi connectivity index (χ4v) is 4.81. The Morgan fingerprint density at radius 2 is 2.07 bits per heavy atom. The van der Waals surface area contributed by atoms with E-state index in [1.165, 1.54) is 11.3 Å². The van der Waals surface area contributed by atoms with Crippen molar-refractivity contribution in [1.29, 1.82) is 0 Å². The minimum Gasteiger partial charge on any atom is -0.422 e. The number of thiazole rings is 1. The average Bonchev–Trinajstić information content (AvgIpc) is 3.33. The lowest BCUT2D eigenvalue weighted by atomic mass is 10.1. The standard InChI is InChI=1S/C21H15N3O2S2/c1-13-5-4-8-24-10-15(22-19(13)24)11-27-21-23-17(12-28-21)16-9-14-6-2-3-7-18(14)26-20(16)25/h2-10,12H,11H2,1H3. The van der Waals surface area contributed by atoms with E-state index < -0.39 is 0 Å². The molecule has 0 atom stereocenters. The van der Waals surface area contributed by atoms with Gasteiger partial charge in [-0.05, 0) is 30.7 Å². The maximum Gasteiger partial charge on any atom is 0.345 e. The Bertz CT molecular complexity index is 1370. The second-order valence-corrected chi connectivity index (χ2v) is 8.51. The lowest BCUT2D eigenvalue weighted by Gasteiger charge is -1.99. The summed E-state index contributed by atoms with van der Waals surface area (Å²) >= 11 is 3.14. The van der Waals surface area contributed by atoms with E-state index >= 15 is 0 Å². The highest BCUT2D eigenvalue weighted by atomic mass is 32.2. The molecule has 7 heteroatoms. The van der Waals surface area contributed by atoms with Crippen molar-refractivity contribution in [2.75, 3.05) is 0 Å². The number of rotatable bonds is 4. The van der Waals surface area contributed by atoms with Gasteiger partial charge in [0.05, 0.1) is 17.0 Å². The van der Waals surface area contributed by atoms with Crippen LogP contribution in [0.2, 0.25) is 0 Å². The molecular weight excluding hydrogens is 390 g/mol. The highest BCUT2D eigenvalue weighted by Crippen LogP contribution is 2.30. The maximum absolute atomic E-state index is 12.3. The SMILES string of the molecule is Cc1cccn2cc(CSc3nc(-c4cc5ccccc5oc4=O)cs3)nc12.